The van der Waals surface area contributed by atoms with Crippen molar-refractivity contribution in [3.05, 3.63) is 27.3 Å². The van der Waals surface area contributed by atoms with Crippen molar-refractivity contribution in [1.82, 2.24) is 4.98 Å². The van der Waals surface area contributed by atoms with Crippen molar-refractivity contribution in [2.24, 2.45) is 5.92 Å². The lowest BCUT2D eigenvalue weighted by molar-refractivity contribution is -0.384. The van der Waals surface area contributed by atoms with Gasteiger partial charge in [0.05, 0.1) is 20.1 Å². The van der Waals surface area contributed by atoms with Crippen LogP contribution >= 0.6 is 11.3 Å². The molecule has 1 aromatic heterocycles. The van der Waals surface area contributed by atoms with Crippen LogP contribution in [0, 0.1) is 23.0 Å². The smallest absolute Gasteiger partial charge is 0.294 e. The fourth-order valence-corrected chi connectivity index (χ4v) is 3.67. The first kappa shape index (κ1) is 14.2. The molecule has 1 aromatic carbocycles. The van der Waals surface area contributed by atoms with Crippen molar-refractivity contribution in [2.45, 2.75) is 19.8 Å². The molecule has 21 heavy (non-hydrogen) atoms. The van der Waals surface area contributed by atoms with Gasteiger partial charge in [-0.15, -0.1) is 11.3 Å². The minimum atomic E-state index is -0.318. The number of benzene rings is 1. The lowest BCUT2D eigenvalue weighted by Crippen LogP contribution is -2.35. The number of aliphatic hydroxyl groups is 1. The van der Waals surface area contributed by atoms with Gasteiger partial charge in [-0.3, -0.25) is 10.1 Å². The number of anilines is 1. The molecule has 0 atom stereocenters. The summed E-state index contributed by atoms with van der Waals surface area (Å²) >= 11 is 1.48. The van der Waals surface area contributed by atoms with Gasteiger partial charge in [-0.2, -0.15) is 0 Å². The quantitative estimate of drug-likeness (QED) is 0.696. The number of nitro groups is 1. The molecule has 0 spiro atoms. The molecule has 0 bridgehead atoms. The third kappa shape index (κ3) is 2.71. The summed E-state index contributed by atoms with van der Waals surface area (Å²) in [6, 6.07) is 3.46. The molecule has 1 aliphatic heterocycles. The van der Waals surface area contributed by atoms with Crippen LogP contribution in [0.2, 0.25) is 0 Å². The fraction of sp³-hybridized carbons (Fsp3) is 0.500. The highest BCUT2D eigenvalue weighted by molar-refractivity contribution is 7.18. The van der Waals surface area contributed by atoms with Crippen molar-refractivity contribution >= 4 is 32.9 Å². The van der Waals surface area contributed by atoms with Crippen molar-refractivity contribution in [2.75, 3.05) is 24.6 Å². The SMILES string of the molecule is Cc1nc2cc(N3CCC(CO)CC3)c([N+](=O)[O-])cc2s1. The van der Waals surface area contributed by atoms with E-state index in [1.165, 1.54) is 11.3 Å². The molecule has 1 fully saturated rings. The Morgan fingerprint density at radius 1 is 1.48 bits per heavy atom. The van der Waals surface area contributed by atoms with Gasteiger partial charge in [0.1, 0.15) is 5.69 Å². The third-order valence-corrected chi connectivity index (χ3v) is 4.94. The first-order valence-corrected chi connectivity index (χ1v) is 7.81. The van der Waals surface area contributed by atoms with Gasteiger partial charge in [-0.1, -0.05) is 0 Å². The Morgan fingerprint density at radius 2 is 2.19 bits per heavy atom. The van der Waals surface area contributed by atoms with E-state index < -0.39 is 0 Å². The number of aromatic nitrogens is 1. The van der Waals surface area contributed by atoms with Gasteiger partial charge in [0.2, 0.25) is 0 Å². The molecule has 7 heteroatoms. The van der Waals surface area contributed by atoms with E-state index in [1.807, 2.05) is 17.9 Å². The number of thiazole rings is 1. The molecule has 0 amide bonds. The summed E-state index contributed by atoms with van der Waals surface area (Å²) in [5.41, 5.74) is 1.62. The fourth-order valence-electron chi connectivity index (χ4n) is 2.82. The second-order valence-corrected chi connectivity index (χ2v) is 6.65. The average Bonchev–Trinajstić information content (AvgIpc) is 2.85. The molecule has 0 radical (unpaired) electrons. The lowest BCUT2D eigenvalue weighted by Gasteiger charge is -2.32. The summed E-state index contributed by atoms with van der Waals surface area (Å²) in [6.07, 6.45) is 1.73. The van der Waals surface area contributed by atoms with Gasteiger partial charge in [-0.25, -0.2) is 4.98 Å². The number of rotatable bonds is 3. The van der Waals surface area contributed by atoms with Crippen molar-refractivity contribution in [3.8, 4) is 0 Å². The number of nitrogens with zero attached hydrogens (tertiary/aromatic N) is 3. The van der Waals surface area contributed by atoms with Gasteiger partial charge < -0.3 is 10.0 Å². The molecular weight excluding hydrogens is 290 g/mol. The van der Waals surface area contributed by atoms with Gasteiger partial charge in [0.25, 0.3) is 5.69 Å². The molecule has 3 rings (SSSR count). The molecule has 1 N–H and O–H groups in total. The van der Waals surface area contributed by atoms with E-state index in [0.717, 1.165) is 41.2 Å². The van der Waals surface area contributed by atoms with Crippen molar-refractivity contribution < 1.29 is 10.0 Å². The van der Waals surface area contributed by atoms with E-state index in [4.69, 9.17) is 0 Å². The highest BCUT2D eigenvalue weighted by atomic mass is 32.1. The zero-order valence-corrected chi connectivity index (χ0v) is 12.6. The number of hydrogen-bond acceptors (Lipinski definition) is 6. The predicted octanol–water partition coefficient (Wildman–Crippen LogP) is 2.72. The summed E-state index contributed by atoms with van der Waals surface area (Å²) in [7, 11) is 0. The van der Waals surface area contributed by atoms with Crippen LogP contribution in [0.15, 0.2) is 12.1 Å². The second-order valence-electron chi connectivity index (χ2n) is 5.41. The monoisotopic (exact) mass is 307 g/mol. The Hall–Kier alpha value is -1.73. The first-order valence-electron chi connectivity index (χ1n) is 7.00. The summed E-state index contributed by atoms with van der Waals surface area (Å²) in [5, 5.41) is 21.5. The number of hydrogen-bond donors (Lipinski definition) is 1. The maximum absolute atomic E-state index is 11.4. The maximum Gasteiger partial charge on any atom is 0.294 e. The molecule has 112 valence electrons. The predicted molar refractivity (Wildman–Crippen MR) is 83.0 cm³/mol. The number of piperidine rings is 1. The van der Waals surface area contributed by atoms with Gasteiger partial charge in [-0.05, 0) is 31.7 Å². The summed E-state index contributed by atoms with van der Waals surface area (Å²) in [5.74, 6) is 0.311. The molecule has 1 saturated heterocycles. The molecule has 0 unspecified atom stereocenters. The van der Waals surface area contributed by atoms with Crippen LogP contribution in [-0.4, -0.2) is 34.7 Å². The minimum absolute atomic E-state index is 0.147. The van der Waals surface area contributed by atoms with Crippen LogP contribution in [0.4, 0.5) is 11.4 Å². The lowest BCUT2D eigenvalue weighted by atomic mass is 9.97. The van der Waals surface area contributed by atoms with E-state index in [1.54, 1.807) is 6.07 Å². The zero-order valence-electron chi connectivity index (χ0n) is 11.8. The van der Waals surface area contributed by atoms with E-state index in [-0.39, 0.29) is 17.2 Å². The van der Waals surface area contributed by atoms with Gasteiger partial charge in [0.15, 0.2) is 0 Å². The summed E-state index contributed by atoms with van der Waals surface area (Å²) in [4.78, 5) is 17.5. The van der Waals surface area contributed by atoms with Crippen LogP contribution in [0.5, 0.6) is 0 Å². The van der Waals surface area contributed by atoms with Gasteiger partial charge in [0, 0.05) is 25.8 Å². The minimum Gasteiger partial charge on any atom is -0.396 e. The van der Waals surface area contributed by atoms with E-state index in [2.05, 4.69) is 4.98 Å². The maximum atomic E-state index is 11.4. The Balaban J connectivity index is 1.99. The van der Waals surface area contributed by atoms with Crippen LogP contribution < -0.4 is 4.90 Å². The van der Waals surface area contributed by atoms with E-state index in [9.17, 15) is 15.2 Å². The number of aryl methyl sites for hydroxylation is 1. The molecule has 2 heterocycles. The molecule has 0 saturated carbocycles. The average molecular weight is 307 g/mol. The van der Waals surface area contributed by atoms with Crippen molar-refractivity contribution in [1.29, 1.82) is 0 Å². The molecule has 1 aliphatic rings. The molecule has 2 aromatic rings. The van der Waals surface area contributed by atoms with Crippen molar-refractivity contribution in [3.63, 3.8) is 0 Å². The number of aliphatic hydroxyl groups excluding tert-OH is 1. The van der Waals surface area contributed by atoms with Crippen LogP contribution in [-0.2, 0) is 0 Å². The Morgan fingerprint density at radius 3 is 2.81 bits per heavy atom. The van der Waals surface area contributed by atoms with Crippen LogP contribution in [0.25, 0.3) is 10.2 Å². The van der Waals surface area contributed by atoms with E-state index in [0.29, 0.717) is 11.6 Å². The van der Waals surface area contributed by atoms with Crippen LogP contribution in [0.3, 0.4) is 0 Å². The van der Waals surface area contributed by atoms with E-state index >= 15 is 0 Å². The van der Waals surface area contributed by atoms with Gasteiger partial charge >= 0.3 is 0 Å². The first-order chi connectivity index (χ1) is 10.1. The topological polar surface area (TPSA) is 79.5 Å². The summed E-state index contributed by atoms with van der Waals surface area (Å²) < 4.78 is 0.855. The molecule has 0 aliphatic carbocycles. The molecular formula is C14H17N3O3S. The highest BCUT2D eigenvalue weighted by Crippen LogP contribution is 2.36. The Bertz CT molecular complexity index is 677. The Labute approximate surface area is 126 Å². The number of fused-ring (bicyclic) bond motifs is 1. The number of nitro benzene ring substituents is 1. The standard InChI is InChI=1S/C14H17N3O3S/c1-9-15-11-6-12(13(17(19)20)7-14(11)21-9)16-4-2-10(8-18)3-5-16/h6-7,10,18H,2-5,8H2,1H3. The third-order valence-electron chi connectivity index (χ3n) is 4.00. The highest BCUT2D eigenvalue weighted by Gasteiger charge is 2.25. The normalized spacial score (nSPS) is 16.6. The largest absolute Gasteiger partial charge is 0.396 e. The Kier molecular flexibility index (Phi) is 3.77. The van der Waals surface area contributed by atoms with Crippen LogP contribution in [0.1, 0.15) is 17.8 Å². The zero-order chi connectivity index (χ0) is 15.0. The second kappa shape index (κ2) is 5.57. The molecule has 6 nitrogen and oxygen atoms in total. The summed E-state index contributed by atoms with van der Waals surface area (Å²) in [6.45, 7) is 3.57.